The quantitative estimate of drug-likeness (QED) is 0.683. The number of benzene rings is 1. The number of anilines is 1. The molecular weight excluding hydrogens is 378 g/mol. The maximum atomic E-state index is 12.8. The topological polar surface area (TPSA) is 60.2 Å². The molecule has 1 unspecified atom stereocenters. The molecule has 5 rings (SSSR count). The molecule has 0 bridgehead atoms. The van der Waals surface area contributed by atoms with Crippen LogP contribution >= 0.6 is 11.8 Å². The lowest BCUT2D eigenvalue weighted by atomic mass is 9.48. The standard InChI is InChI=1S/C25H29NO2S/c1-24-11-9-17(27)13-15(24)14-21(29-18-5-3-16(26)4-6-18)23-19-7-8-22(28)25(19,2)12-10-20(23)24/h3-6,9,11,13,19-21,23H,7-8,10,12,14,26H2,1-2H3/t19-,20-,21?,23-,24-,25-/m0/s1. The van der Waals surface area contributed by atoms with Crippen LogP contribution in [-0.2, 0) is 9.59 Å². The van der Waals surface area contributed by atoms with Gasteiger partial charge >= 0.3 is 0 Å². The summed E-state index contributed by atoms with van der Waals surface area (Å²) in [5.41, 5.74) is 7.74. The Morgan fingerprint density at radius 2 is 1.83 bits per heavy atom. The van der Waals surface area contributed by atoms with Crippen molar-refractivity contribution in [3.8, 4) is 0 Å². The fraction of sp³-hybridized carbons (Fsp3) is 0.520. The molecule has 1 aromatic carbocycles. The summed E-state index contributed by atoms with van der Waals surface area (Å²) in [5, 5.41) is 0.387. The Morgan fingerprint density at radius 3 is 2.59 bits per heavy atom. The molecule has 0 radical (unpaired) electrons. The van der Waals surface area contributed by atoms with Gasteiger partial charge in [-0.1, -0.05) is 25.5 Å². The second-order valence-corrected chi connectivity index (χ2v) is 11.1. The number of hydrogen-bond acceptors (Lipinski definition) is 4. The molecule has 1 aromatic rings. The number of ketones is 2. The zero-order valence-corrected chi connectivity index (χ0v) is 18.0. The molecule has 2 N–H and O–H groups in total. The molecule has 0 saturated heterocycles. The summed E-state index contributed by atoms with van der Waals surface area (Å²) in [6.07, 6.45) is 10.6. The van der Waals surface area contributed by atoms with Gasteiger partial charge in [0, 0.05) is 33.1 Å². The summed E-state index contributed by atoms with van der Waals surface area (Å²) in [7, 11) is 0. The smallest absolute Gasteiger partial charge is 0.178 e. The van der Waals surface area contributed by atoms with E-state index in [4.69, 9.17) is 5.73 Å². The molecular formula is C25H29NO2S. The van der Waals surface area contributed by atoms with Crippen molar-refractivity contribution in [1.29, 1.82) is 0 Å². The Hall–Kier alpha value is -1.81. The van der Waals surface area contributed by atoms with Crippen LogP contribution in [0.4, 0.5) is 5.69 Å². The van der Waals surface area contributed by atoms with Crippen LogP contribution in [0, 0.1) is 28.6 Å². The van der Waals surface area contributed by atoms with Crippen molar-refractivity contribution < 1.29 is 9.59 Å². The van der Waals surface area contributed by atoms with E-state index in [1.54, 1.807) is 6.08 Å². The number of rotatable bonds is 2. The molecule has 3 fully saturated rings. The van der Waals surface area contributed by atoms with Crippen LogP contribution in [0.25, 0.3) is 0 Å². The second kappa shape index (κ2) is 6.60. The SMILES string of the molecule is C[C@]12C=CC(=O)C=C1CC(Sc1ccc(N)cc1)[C@@H]1[C@@H]2CC[C@]2(C)C(=O)CC[C@@H]12. The fourth-order valence-corrected chi connectivity index (χ4v) is 8.20. The van der Waals surface area contributed by atoms with Gasteiger partial charge in [0.05, 0.1) is 0 Å². The molecule has 0 aliphatic heterocycles. The van der Waals surface area contributed by atoms with Gasteiger partial charge in [-0.15, -0.1) is 11.8 Å². The number of fused-ring (bicyclic) bond motifs is 5. The van der Waals surface area contributed by atoms with E-state index < -0.39 is 0 Å². The number of Topliss-reactive ketones (excluding diaryl/α,β-unsaturated/α-hetero) is 1. The first-order valence-electron chi connectivity index (χ1n) is 10.8. The first-order valence-corrected chi connectivity index (χ1v) is 11.7. The lowest BCUT2D eigenvalue weighted by molar-refractivity contribution is -0.131. The van der Waals surface area contributed by atoms with Crippen molar-refractivity contribution in [3.05, 3.63) is 48.1 Å². The molecule has 0 heterocycles. The molecule has 4 aliphatic carbocycles. The van der Waals surface area contributed by atoms with Crippen molar-refractivity contribution in [1.82, 2.24) is 0 Å². The minimum absolute atomic E-state index is 0.0519. The highest BCUT2D eigenvalue weighted by atomic mass is 32.2. The van der Waals surface area contributed by atoms with Crippen LogP contribution in [0.5, 0.6) is 0 Å². The minimum atomic E-state index is -0.160. The summed E-state index contributed by atoms with van der Waals surface area (Å²) >= 11 is 1.92. The van der Waals surface area contributed by atoms with Crippen LogP contribution < -0.4 is 5.73 Å². The van der Waals surface area contributed by atoms with Crippen molar-refractivity contribution in [2.45, 2.75) is 56.1 Å². The summed E-state index contributed by atoms with van der Waals surface area (Å²) < 4.78 is 0. The van der Waals surface area contributed by atoms with Gasteiger partial charge in [-0.2, -0.15) is 0 Å². The maximum absolute atomic E-state index is 12.8. The van der Waals surface area contributed by atoms with Crippen molar-refractivity contribution in [3.63, 3.8) is 0 Å². The third-order valence-electron chi connectivity index (χ3n) is 8.43. The number of allylic oxidation sites excluding steroid dienone is 4. The van der Waals surface area contributed by atoms with E-state index >= 15 is 0 Å². The Bertz CT molecular complexity index is 933. The lowest BCUT2D eigenvalue weighted by Gasteiger charge is -2.58. The Labute approximate surface area is 177 Å². The Kier molecular flexibility index (Phi) is 4.36. The molecule has 4 heteroatoms. The minimum Gasteiger partial charge on any atom is -0.399 e. The Morgan fingerprint density at radius 1 is 1.07 bits per heavy atom. The fourth-order valence-electron chi connectivity index (χ4n) is 6.76. The molecule has 3 nitrogen and oxygen atoms in total. The molecule has 152 valence electrons. The summed E-state index contributed by atoms with van der Waals surface area (Å²) in [4.78, 5) is 26.2. The number of nitrogen functional groups attached to an aromatic ring is 1. The summed E-state index contributed by atoms with van der Waals surface area (Å²) in [5.74, 6) is 2.01. The Balaban J connectivity index is 1.56. The molecule has 0 spiro atoms. The van der Waals surface area contributed by atoms with Crippen LogP contribution in [0.2, 0.25) is 0 Å². The van der Waals surface area contributed by atoms with Gasteiger partial charge in [0.25, 0.3) is 0 Å². The van der Waals surface area contributed by atoms with Gasteiger partial charge in [-0.3, -0.25) is 9.59 Å². The first-order chi connectivity index (χ1) is 13.8. The molecule has 4 aliphatic rings. The third-order valence-corrected chi connectivity index (χ3v) is 9.76. The van der Waals surface area contributed by atoms with Crippen LogP contribution in [0.1, 0.15) is 46.0 Å². The molecule has 0 amide bonds. The van der Waals surface area contributed by atoms with E-state index in [0.717, 1.165) is 37.8 Å². The molecule has 3 saturated carbocycles. The van der Waals surface area contributed by atoms with Crippen LogP contribution in [0.3, 0.4) is 0 Å². The average Bonchev–Trinajstić information content (AvgIpc) is 3.00. The van der Waals surface area contributed by atoms with Gasteiger partial charge < -0.3 is 5.73 Å². The van der Waals surface area contributed by atoms with E-state index in [-0.39, 0.29) is 16.6 Å². The first kappa shape index (κ1) is 19.2. The van der Waals surface area contributed by atoms with Gasteiger partial charge in [0.1, 0.15) is 5.78 Å². The average molecular weight is 408 g/mol. The predicted octanol–water partition coefficient (Wildman–Crippen LogP) is 5.22. The third kappa shape index (κ3) is 2.86. The highest BCUT2D eigenvalue weighted by Crippen LogP contribution is 2.65. The second-order valence-electron chi connectivity index (χ2n) is 9.83. The predicted molar refractivity (Wildman–Crippen MR) is 118 cm³/mol. The van der Waals surface area contributed by atoms with Gasteiger partial charge in [0.15, 0.2) is 5.78 Å². The number of thioether (sulfide) groups is 1. The van der Waals surface area contributed by atoms with E-state index in [0.29, 0.717) is 28.8 Å². The van der Waals surface area contributed by atoms with Crippen LogP contribution in [-0.4, -0.2) is 16.8 Å². The number of carbonyl (C=O) groups excluding carboxylic acids is 2. The number of hydrogen-bond donors (Lipinski definition) is 1. The number of carbonyl (C=O) groups is 2. The van der Waals surface area contributed by atoms with Crippen molar-refractivity contribution in [2.75, 3.05) is 5.73 Å². The summed E-state index contributed by atoms with van der Waals surface area (Å²) in [6, 6.07) is 8.13. The summed E-state index contributed by atoms with van der Waals surface area (Å²) in [6.45, 7) is 4.55. The molecule has 0 aromatic heterocycles. The number of nitrogens with two attached hydrogens (primary N) is 1. The molecule has 6 atom stereocenters. The molecule has 29 heavy (non-hydrogen) atoms. The van der Waals surface area contributed by atoms with E-state index in [1.807, 2.05) is 30.0 Å². The van der Waals surface area contributed by atoms with Gasteiger partial charge in [0.2, 0.25) is 0 Å². The lowest BCUT2D eigenvalue weighted by Crippen LogP contribution is -2.54. The highest BCUT2D eigenvalue weighted by molar-refractivity contribution is 8.00. The highest BCUT2D eigenvalue weighted by Gasteiger charge is 2.61. The van der Waals surface area contributed by atoms with E-state index in [9.17, 15) is 9.59 Å². The zero-order valence-electron chi connectivity index (χ0n) is 17.2. The maximum Gasteiger partial charge on any atom is 0.178 e. The normalized spacial score (nSPS) is 40.8. The van der Waals surface area contributed by atoms with Crippen LogP contribution in [0.15, 0.2) is 53.0 Å². The van der Waals surface area contributed by atoms with Crippen molar-refractivity contribution >= 4 is 29.0 Å². The van der Waals surface area contributed by atoms with Gasteiger partial charge in [-0.25, -0.2) is 0 Å². The van der Waals surface area contributed by atoms with E-state index in [2.05, 4.69) is 32.1 Å². The van der Waals surface area contributed by atoms with Crippen molar-refractivity contribution in [2.24, 2.45) is 28.6 Å². The zero-order chi connectivity index (χ0) is 20.4. The van der Waals surface area contributed by atoms with E-state index in [1.165, 1.54) is 10.5 Å². The van der Waals surface area contributed by atoms with Gasteiger partial charge in [-0.05, 0) is 79.9 Å². The monoisotopic (exact) mass is 407 g/mol. The largest absolute Gasteiger partial charge is 0.399 e.